The lowest BCUT2D eigenvalue weighted by molar-refractivity contribution is -0.150. The summed E-state index contributed by atoms with van der Waals surface area (Å²) in [6.45, 7) is 0.329. The van der Waals surface area contributed by atoms with Gasteiger partial charge in [0.2, 0.25) is 0 Å². The molecular weight excluding hydrogens is 298 g/mol. The number of hydrogen-bond acceptors (Lipinski definition) is 4. The Bertz CT molecular complexity index is 552. The molecule has 126 valence electrons. The maximum Gasteiger partial charge on any atom is 0.394 e. The van der Waals surface area contributed by atoms with Gasteiger partial charge in [0.05, 0.1) is 13.2 Å². The van der Waals surface area contributed by atoms with Crippen LogP contribution < -0.4 is 14.8 Å². The van der Waals surface area contributed by atoms with Gasteiger partial charge in [0.15, 0.2) is 11.5 Å². The van der Waals surface area contributed by atoms with Gasteiger partial charge in [0, 0.05) is 6.54 Å². The van der Waals surface area contributed by atoms with Crippen molar-refractivity contribution in [3.05, 3.63) is 23.8 Å². The minimum Gasteiger partial charge on any atom is -0.493 e. The van der Waals surface area contributed by atoms with E-state index < -0.39 is 11.9 Å². The molecule has 0 radical (unpaired) electrons. The number of carbonyl (C=O) groups excluding carboxylic acids is 1. The number of carboxylic acids is 1. The van der Waals surface area contributed by atoms with E-state index in [1.54, 1.807) is 7.11 Å². The molecule has 0 aliphatic heterocycles. The van der Waals surface area contributed by atoms with Crippen molar-refractivity contribution in [3.8, 4) is 11.5 Å². The molecule has 1 aromatic rings. The fraction of sp³-hybridized carbons (Fsp3) is 0.529. The van der Waals surface area contributed by atoms with Crippen LogP contribution in [-0.4, -0.2) is 36.7 Å². The van der Waals surface area contributed by atoms with Gasteiger partial charge in [-0.15, -0.1) is 0 Å². The van der Waals surface area contributed by atoms with Crippen LogP contribution in [0, 0.1) is 0 Å². The van der Waals surface area contributed by atoms with Crippen LogP contribution in [0.1, 0.15) is 37.7 Å². The molecule has 1 amide bonds. The van der Waals surface area contributed by atoms with E-state index in [9.17, 15) is 9.59 Å². The minimum absolute atomic E-state index is 0.258. The second kappa shape index (κ2) is 8.41. The molecule has 1 aliphatic carbocycles. The van der Waals surface area contributed by atoms with Crippen LogP contribution in [0.4, 0.5) is 0 Å². The number of rotatable bonds is 7. The third kappa shape index (κ3) is 5.16. The number of aliphatic carboxylic acids is 1. The van der Waals surface area contributed by atoms with Gasteiger partial charge in [-0.2, -0.15) is 0 Å². The Balaban J connectivity index is 1.89. The number of nitrogens with one attached hydrogen (secondary N) is 1. The maximum atomic E-state index is 10.9. The van der Waals surface area contributed by atoms with E-state index in [-0.39, 0.29) is 6.10 Å². The molecule has 1 fully saturated rings. The van der Waals surface area contributed by atoms with Gasteiger partial charge in [-0.3, -0.25) is 4.79 Å². The molecule has 0 saturated heterocycles. The van der Waals surface area contributed by atoms with Crippen molar-refractivity contribution >= 4 is 11.9 Å². The zero-order chi connectivity index (χ0) is 16.7. The fourth-order valence-corrected chi connectivity index (χ4v) is 2.72. The Morgan fingerprint density at radius 2 is 2.00 bits per heavy atom. The zero-order valence-electron chi connectivity index (χ0n) is 13.3. The summed E-state index contributed by atoms with van der Waals surface area (Å²) in [4.78, 5) is 21.3. The highest BCUT2D eigenvalue weighted by Crippen LogP contribution is 2.32. The summed E-state index contributed by atoms with van der Waals surface area (Å²) in [6.07, 6.45) is 6.21. The number of benzene rings is 1. The lowest BCUT2D eigenvalue weighted by atomic mass is 10.1. The molecular formula is C17H23NO5. The van der Waals surface area contributed by atoms with Gasteiger partial charge >= 0.3 is 11.9 Å². The molecule has 0 unspecified atom stereocenters. The first-order valence-corrected chi connectivity index (χ1v) is 7.95. The molecule has 0 spiro atoms. The number of amides is 1. The summed E-state index contributed by atoms with van der Waals surface area (Å²) in [5.41, 5.74) is 1.07. The predicted octanol–water partition coefficient (Wildman–Crippen LogP) is 2.15. The van der Waals surface area contributed by atoms with Crippen molar-refractivity contribution in [2.75, 3.05) is 13.7 Å². The molecule has 6 heteroatoms. The predicted molar refractivity (Wildman–Crippen MR) is 84.8 cm³/mol. The normalized spacial score (nSPS) is 14.5. The van der Waals surface area contributed by atoms with Crippen LogP contribution >= 0.6 is 0 Å². The first kappa shape index (κ1) is 17.1. The first-order valence-electron chi connectivity index (χ1n) is 7.95. The average Bonchev–Trinajstić information content (AvgIpc) is 3.04. The molecule has 0 aromatic heterocycles. The summed E-state index contributed by atoms with van der Waals surface area (Å²) < 4.78 is 11.4. The van der Waals surface area contributed by atoms with E-state index in [2.05, 4.69) is 5.32 Å². The van der Waals surface area contributed by atoms with Crippen molar-refractivity contribution in [1.29, 1.82) is 0 Å². The SMILES string of the molecule is COc1ccc(CCCNC(=O)C(=O)O)cc1OC1CCCC1. The molecule has 2 N–H and O–H groups in total. The topological polar surface area (TPSA) is 84.9 Å². The minimum atomic E-state index is -1.46. The maximum absolute atomic E-state index is 10.9. The van der Waals surface area contributed by atoms with E-state index in [4.69, 9.17) is 14.6 Å². The molecule has 23 heavy (non-hydrogen) atoms. The van der Waals surface area contributed by atoms with Crippen LogP contribution in [0.2, 0.25) is 0 Å². The van der Waals surface area contributed by atoms with Crippen LogP contribution in [0.3, 0.4) is 0 Å². The molecule has 1 aliphatic rings. The summed E-state index contributed by atoms with van der Waals surface area (Å²) in [5.74, 6) is -0.946. The number of carboxylic acid groups (broad SMARTS) is 1. The largest absolute Gasteiger partial charge is 0.493 e. The molecule has 2 rings (SSSR count). The number of ether oxygens (including phenoxy) is 2. The highest BCUT2D eigenvalue weighted by atomic mass is 16.5. The molecule has 0 atom stereocenters. The van der Waals surface area contributed by atoms with Crippen molar-refractivity contribution in [1.82, 2.24) is 5.32 Å². The molecule has 1 saturated carbocycles. The van der Waals surface area contributed by atoms with Crippen LogP contribution in [0.5, 0.6) is 11.5 Å². The van der Waals surface area contributed by atoms with Gasteiger partial charge < -0.3 is 19.9 Å². The second-order valence-electron chi connectivity index (χ2n) is 5.67. The Kier molecular flexibility index (Phi) is 6.26. The Hall–Kier alpha value is -2.24. The highest BCUT2D eigenvalue weighted by Gasteiger charge is 2.18. The van der Waals surface area contributed by atoms with Crippen molar-refractivity contribution in [2.24, 2.45) is 0 Å². The summed E-state index contributed by atoms with van der Waals surface area (Å²) in [5, 5.41) is 10.8. The summed E-state index contributed by atoms with van der Waals surface area (Å²) in [7, 11) is 1.62. The third-order valence-electron chi connectivity index (χ3n) is 3.95. The quantitative estimate of drug-likeness (QED) is 0.594. The van der Waals surface area contributed by atoms with Crippen molar-refractivity contribution < 1.29 is 24.2 Å². The lowest BCUT2D eigenvalue weighted by Gasteiger charge is -2.17. The average molecular weight is 321 g/mol. The molecule has 1 aromatic carbocycles. The third-order valence-corrected chi connectivity index (χ3v) is 3.95. The van der Waals surface area contributed by atoms with E-state index in [0.29, 0.717) is 13.0 Å². The van der Waals surface area contributed by atoms with Gasteiger partial charge in [0.25, 0.3) is 0 Å². The zero-order valence-corrected chi connectivity index (χ0v) is 13.3. The van der Waals surface area contributed by atoms with Gasteiger partial charge in [0.1, 0.15) is 0 Å². The fourth-order valence-electron chi connectivity index (χ4n) is 2.72. The Morgan fingerprint density at radius 3 is 2.65 bits per heavy atom. The molecule has 6 nitrogen and oxygen atoms in total. The van der Waals surface area contributed by atoms with Gasteiger partial charge in [-0.25, -0.2) is 4.79 Å². The number of hydrogen-bond donors (Lipinski definition) is 2. The molecule has 0 heterocycles. The Labute approximate surface area is 135 Å². The van der Waals surface area contributed by atoms with Crippen molar-refractivity contribution in [2.45, 2.75) is 44.6 Å². The van der Waals surface area contributed by atoms with E-state index in [1.165, 1.54) is 12.8 Å². The smallest absolute Gasteiger partial charge is 0.394 e. The van der Waals surface area contributed by atoms with Gasteiger partial charge in [-0.05, 0) is 56.2 Å². The lowest BCUT2D eigenvalue weighted by Crippen LogP contribution is -2.31. The highest BCUT2D eigenvalue weighted by molar-refractivity contribution is 6.31. The van der Waals surface area contributed by atoms with E-state index in [0.717, 1.165) is 36.3 Å². The number of aryl methyl sites for hydroxylation is 1. The van der Waals surface area contributed by atoms with Crippen molar-refractivity contribution in [3.63, 3.8) is 0 Å². The van der Waals surface area contributed by atoms with Crippen LogP contribution in [0.25, 0.3) is 0 Å². The Morgan fingerprint density at radius 1 is 1.26 bits per heavy atom. The monoisotopic (exact) mass is 321 g/mol. The van der Waals surface area contributed by atoms with E-state index in [1.807, 2.05) is 18.2 Å². The van der Waals surface area contributed by atoms with Crippen LogP contribution in [-0.2, 0) is 16.0 Å². The second-order valence-corrected chi connectivity index (χ2v) is 5.67. The summed E-state index contributed by atoms with van der Waals surface area (Å²) >= 11 is 0. The van der Waals surface area contributed by atoms with Crippen LogP contribution in [0.15, 0.2) is 18.2 Å². The summed E-state index contributed by atoms with van der Waals surface area (Å²) in [6, 6.07) is 5.81. The standard InChI is InChI=1S/C17H23NO5/c1-22-14-9-8-12(5-4-10-18-16(19)17(20)21)11-15(14)23-13-6-2-3-7-13/h8-9,11,13H,2-7,10H2,1H3,(H,18,19)(H,20,21). The van der Waals surface area contributed by atoms with E-state index >= 15 is 0 Å². The molecule has 0 bridgehead atoms. The first-order chi connectivity index (χ1) is 11.1. The number of methoxy groups -OCH3 is 1. The number of carbonyl (C=O) groups is 2. The van der Waals surface area contributed by atoms with Gasteiger partial charge in [-0.1, -0.05) is 6.07 Å².